The zero-order chi connectivity index (χ0) is 18.6. The molecule has 0 bridgehead atoms. The van der Waals surface area contributed by atoms with E-state index >= 15 is 0 Å². The van der Waals surface area contributed by atoms with Gasteiger partial charge in [-0.3, -0.25) is 9.69 Å². The van der Waals surface area contributed by atoms with Crippen LogP contribution in [0.5, 0.6) is 5.75 Å². The van der Waals surface area contributed by atoms with Gasteiger partial charge in [0, 0.05) is 12.2 Å². The number of rotatable bonds is 5. The van der Waals surface area contributed by atoms with Crippen molar-refractivity contribution in [1.29, 1.82) is 0 Å². The second-order valence-electron chi connectivity index (χ2n) is 5.94. The topological polar surface area (TPSA) is 41.6 Å². The highest BCUT2D eigenvalue weighted by atomic mass is 19.4. The Kier molecular flexibility index (Phi) is 6.21. The number of likely N-dealkylation sites (tertiary alicyclic amines) is 1. The van der Waals surface area contributed by atoms with E-state index in [4.69, 9.17) is 0 Å². The first-order chi connectivity index (χ1) is 11.7. The van der Waals surface area contributed by atoms with Crippen LogP contribution in [-0.2, 0) is 4.79 Å². The van der Waals surface area contributed by atoms with Crippen LogP contribution in [0.2, 0.25) is 0 Å². The van der Waals surface area contributed by atoms with Crippen LogP contribution in [0.4, 0.5) is 27.6 Å². The third-order valence-electron chi connectivity index (χ3n) is 4.19. The van der Waals surface area contributed by atoms with E-state index in [-0.39, 0.29) is 18.7 Å². The lowest BCUT2D eigenvalue weighted by atomic mass is 9.96. The monoisotopic (exact) mass is 366 g/mol. The number of benzene rings is 1. The number of halogens is 5. The minimum Gasteiger partial charge on any atom is -0.435 e. The molecule has 0 spiro atoms. The van der Waals surface area contributed by atoms with E-state index in [9.17, 15) is 26.7 Å². The van der Waals surface area contributed by atoms with Gasteiger partial charge in [0.15, 0.2) is 0 Å². The Hall–Kier alpha value is -1.90. The van der Waals surface area contributed by atoms with Gasteiger partial charge in [0.2, 0.25) is 5.91 Å². The van der Waals surface area contributed by atoms with Crippen molar-refractivity contribution < 1.29 is 31.5 Å². The third-order valence-corrected chi connectivity index (χ3v) is 4.19. The molecule has 0 aromatic heterocycles. The molecule has 0 saturated carbocycles. The summed E-state index contributed by atoms with van der Waals surface area (Å²) in [6.45, 7) is -1.19. The molecule has 140 valence electrons. The summed E-state index contributed by atoms with van der Waals surface area (Å²) in [6, 6.07) is 4.58. The van der Waals surface area contributed by atoms with Gasteiger partial charge in [0.1, 0.15) is 5.75 Å². The van der Waals surface area contributed by atoms with Gasteiger partial charge in [-0.1, -0.05) is 0 Å². The molecular formula is C16H19F5N2O2. The molecule has 25 heavy (non-hydrogen) atoms. The minimum absolute atomic E-state index is 0.0508. The van der Waals surface area contributed by atoms with Crippen LogP contribution >= 0.6 is 0 Å². The molecule has 2 rings (SSSR count). The van der Waals surface area contributed by atoms with Crippen LogP contribution in [0.25, 0.3) is 0 Å². The number of hydrogen-bond donors (Lipinski definition) is 1. The molecule has 9 heteroatoms. The predicted octanol–water partition coefficient (Wildman–Crippen LogP) is 3.89. The van der Waals surface area contributed by atoms with Crippen LogP contribution in [0.15, 0.2) is 24.3 Å². The van der Waals surface area contributed by atoms with Crippen molar-refractivity contribution >= 4 is 11.6 Å². The Labute approximate surface area is 141 Å². The normalized spacial score (nSPS) is 20.4. The van der Waals surface area contributed by atoms with Gasteiger partial charge < -0.3 is 10.1 Å². The molecule has 4 nitrogen and oxygen atoms in total. The zero-order valence-corrected chi connectivity index (χ0v) is 13.5. The summed E-state index contributed by atoms with van der Waals surface area (Å²) in [7, 11) is 0. The number of carbonyl (C=O) groups is 1. The first-order valence-electron chi connectivity index (χ1n) is 7.83. The number of hydrogen-bond acceptors (Lipinski definition) is 3. The van der Waals surface area contributed by atoms with E-state index in [1.807, 2.05) is 0 Å². The molecule has 1 heterocycles. The van der Waals surface area contributed by atoms with E-state index in [1.165, 1.54) is 29.2 Å². The molecular weight excluding hydrogens is 347 g/mol. The molecule has 1 aromatic rings. The standard InChI is InChI=1S/C16H19F5N2O2/c1-10(23-8-2-3-11(9-23)16(19,20)21)14(24)22-12-4-6-13(7-5-12)25-15(17)18/h4-7,10-11,15H,2-3,8-9H2,1H3,(H,22,24)/t10-,11-/m1/s1. The van der Waals surface area contributed by atoms with Crippen molar-refractivity contribution in [2.75, 3.05) is 18.4 Å². The zero-order valence-electron chi connectivity index (χ0n) is 13.5. The number of nitrogens with one attached hydrogen (secondary N) is 1. The van der Waals surface area contributed by atoms with Gasteiger partial charge in [-0.05, 0) is 50.6 Å². The van der Waals surface area contributed by atoms with Crippen LogP contribution in [-0.4, -0.2) is 42.7 Å². The second kappa shape index (κ2) is 7.99. The Morgan fingerprint density at radius 2 is 1.92 bits per heavy atom. The smallest absolute Gasteiger partial charge is 0.393 e. The summed E-state index contributed by atoms with van der Waals surface area (Å²) in [4.78, 5) is 13.8. The van der Waals surface area contributed by atoms with Crippen molar-refractivity contribution in [3.05, 3.63) is 24.3 Å². The molecule has 1 amide bonds. The highest BCUT2D eigenvalue weighted by Gasteiger charge is 2.43. The Balaban J connectivity index is 1.93. The van der Waals surface area contributed by atoms with Crippen molar-refractivity contribution in [2.45, 2.75) is 38.6 Å². The Morgan fingerprint density at radius 1 is 1.28 bits per heavy atom. The van der Waals surface area contributed by atoms with Crippen molar-refractivity contribution in [3.8, 4) is 5.75 Å². The van der Waals surface area contributed by atoms with Crippen molar-refractivity contribution in [1.82, 2.24) is 4.90 Å². The molecule has 1 fully saturated rings. The largest absolute Gasteiger partial charge is 0.435 e. The predicted molar refractivity (Wildman–Crippen MR) is 81.5 cm³/mol. The van der Waals surface area contributed by atoms with Crippen molar-refractivity contribution in [2.24, 2.45) is 5.92 Å². The molecule has 1 aromatic carbocycles. The van der Waals surface area contributed by atoms with E-state index < -0.39 is 30.7 Å². The van der Waals surface area contributed by atoms with E-state index in [0.29, 0.717) is 18.7 Å². The number of piperidine rings is 1. The molecule has 0 radical (unpaired) electrons. The lowest BCUT2D eigenvalue weighted by molar-refractivity contribution is -0.188. The summed E-state index contributed by atoms with van der Waals surface area (Å²) in [5.74, 6) is -1.93. The van der Waals surface area contributed by atoms with E-state index in [2.05, 4.69) is 10.1 Å². The van der Waals surface area contributed by atoms with Crippen LogP contribution in [0, 0.1) is 5.92 Å². The highest BCUT2D eigenvalue weighted by Crippen LogP contribution is 2.33. The average Bonchev–Trinajstić information content (AvgIpc) is 2.55. The fourth-order valence-corrected chi connectivity index (χ4v) is 2.76. The number of amides is 1. The van der Waals surface area contributed by atoms with Gasteiger partial charge in [-0.2, -0.15) is 22.0 Å². The molecule has 1 aliphatic heterocycles. The summed E-state index contributed by atoms with van der Waals surface area (Å²) in [6.07, 6.45) is -3.82. The average molecular weight is 366 g/mol. The fourth-order valence-electron chi connectivity index (χ4n) is 2.76. The lowest BCUT2D eigenvalue weighted by Crippen LogP contribution is -2.49. The highest BCUT2D eigenvalue weighted by molar-refractivity contribution is 5.94. The van der Waals surface area contributed by atoms with Gasteiger partial charge in [-0.15, -0.1) is 0 Å². The third kappa shape index (κ3) is 5.55. The maximum Gasteiger partial charge on any atom is 0.393 e. The molecule has 1 saturated heterocycles. The molecule has 2 atom stereocenters. The SMILES string of the molecule is C[C@H](C(=O)Nc1ccc(OC(F)F)cc1)N1CCC[C@@H](C(F)(F)F)C1. The second-order valence-corrected chi connectivity index (χ2v) is 5.94. The van der Waals surface area contributed by atoms with Gasteiger partial charge in [0.25, 0.3) is 0 Å². The Morgan fingerprint density at radius 3 is 2.48 bits per heavy atom. The minimum atomic E-state index is -4.27. The fraction of sp³-hybridized carbons (Fsp3) is 0.562. The molecule has 0 aliphatic carbocycles. The van der Waals surface area contributed by atoms with Crippen LogP contribution in [0.3, 0.4) is 0 Å². The first kappa shape index (κ1) is 19.4. The maximum absolute atomic E-state index is 12.9. The number of carbonyl (C=O) groups excluding carboxylic acids is 1. The van der Waals surface area contributed by atoms with Gasteiger partial charge in [-0.25, -0.2) is 0 Å². The summed E-state index contributed by atoms with van der Waals surface area (Å²) < 4.78 is 66.9. The van der Waals surface area contributed by atoms with Gasteiger partial charge in [0.05, 0.1) is 12.0 Å². The number of alkyl halides is 5. The molecule has 1 N–H and O–H groups in total. The van der Waals surface area contributed by atoms with E-state index in [1.54, 1.807) is 6.92 Å². The lowest BCUT2D eigenvalue weighted by Gasteiger charge is -2.36. The summed E-state index contributed by atoms with van der Waals surface area (Å²) in [5.41, 5.74) is 0.350. The van der Waals surface area contributed by atoms with Gasteiger partial charge >= 0.3 is 12.8 Å². The summed E-state index contributed by atoms with van der Waals surface area (Å²) in [5, 5.41) is 2.57. The number of anilines is 1. The number of nitrogens with zero attached hydrogens (tertiary/aromatic N) is 1. The summed E-state index contributed by atoms with van der Waals surface area (Å²) >= 11 is 0. The Bertz CT molecular complexity index is 577. The number of ether oxygens (including phenoxy) is 1. The van der Waals surface area contributed by atoms with Crippen LogP contribution in [0.1, 0.15) is 19.8 Å². The molecule has 1 aliphatic rings. The molecule has 0 unspecified atom stereocenters. The maximum atomic E-state index is 12.9. The quantitative estimate of drug-likeness (QED) is 0.804. The van der Waals surface area contributed by atoms with E-state index in [0.717, 1.165) is 0 Å². The van der Waals surface area contributed by atoms with Crippen LogP contribution < -0.4 is 10.1 Å². The van der Waals surface area contributed by atoms with Crippen molar-refractivity contribution in [3.63, 3.8) is 0 Å². The first-order valence-corrected chi connectivity index (χ1v) is 7.83.